The van der Waals surface area contributed by atoms with E-state index in [1.807, 2.05) is 18.2 Å². The lowest BCUT2D eigenvalue weighted by atomic mass is 9.84. The summed E-state index contributed by atoms with van der Waals surface area (Å²) < 4.78 is 5.57. The topological polar surface area (TPSA) is 64.3 Å². The molecular formula is C13H18N2O2. The fourth-order valence-electron chi connectivity index (χ4n) is 1.74. The smallest absolute Gasteiger partial charge is 0.265 e. The zero-order valence-corrected chi connectivity index (χ0v) is 10.4. The minimum atomic E-state index is -0.446. The largest absolute Gasteiger partial charge is 0.479 e. The van der Waals surface area contributed by atoms with Crippen LogP contribution in [0.1, 0.15) is 26.3 Å². The van der Waals surface area contributed by atoms with Gasteiger partial charge in [0.25, 0.3) is 5.91 Å². The van der Waals surface area contributed by atoms with E-state index >= 15 is 0 Å². The van der Waals surface area contributed by atoms with Crippen LogP contribution in [0, 0.1) is 0 Å². The lowest BCUT2D eigenvalue weighted by Gasteiger charge is -2.28. The highest BCUT2D eigenvalue weighted by atomic mass is 16.5. The second-order valence-electron chi connectivity index (χ2n) is 5.05. The highest BCUT2D eigenvalue weighted by Gasteiger charge is 2.26. The Hall–Kier alpha value is -1.55. The Labute approximate surface area is 101 Å². The first-order chi connectivity index (χ1) is 7.94. The maximum Gasteiger partial charge on any atom is 0.265 e. The van der Waals surface area contributed by atoms with Gasteiger partial charge in [0.1, 0.15) is 5.75 Å². The van der Waals surface area contributed by atoms with E-state index in [4.69, 9.17) is 10.5 Å². The number of hydrogen-bond donors (Lipinski definition) is 2. The van der Waals surface area contributed by atoms with Gasteiger partial charge in [-0.1, -0.05) is 19.9 Å². The summed E-state index contributed by atoms with van der Waals surface area (Å²) in [6.45, 7) is 6.46. The average molecular weight is 234 g/mol. The van der Waals surface area contributed by atoms with Gasteiger partial charge in [-0.05, 0) is 24.6 Å². The second kappa shape index (κ2) is 4.04. The zero-order chi connectivity index (χ0) is 12.6. The van der Waals surface area contributed by atoms with Crippen molar-refractivity contribution in [3.8, 4) is 5.75 Å². The van der Waals surface area contributed by atoms with Gasteiger partial charge in [0, 0.05) is 12.0 Å². The lowest BCUT2D eigenvalue weighted by molar-refractivity contribution is -0.122. The van der Waals surface area contributed by atoms with Crippen molar-refractivity contribution in [1.29, 1.82) is 0 Å². The average Bonchev–Trinajstić information content (AvgIpc) is 2.30. The molecule has 1 aromatic carbocycles. The summed E-state index contributed by atoms with van der Waals surface area (Å²) in [7, 11) is 0. The van der Waals surface area contributed by atoms with Gasteiger partial charge in [-0.25, -0.2) is 0 Å². The van der Waals surface area contributed by atoms with E-state index in [-0.39, 0.29) is 11.3 Å². The van der Waals surface area contributed by atoms with Crippen molar-refractivity contribution >= 4 is 11.6 Å². The lowest BCUT2D eigenvalue weighted by Crippen LogP contribution is -2.35. The molecule has 1 aliphatic heterocycles. The van der Waals surface area contributed by atoms with Gasteiger partial charge in [0.2, 0.25) is 0 Å². The highest BCUT2D eigenvalue weighted by molar-refractivity contribution is 5.97. The number of rotatable bonds is 2. The molecule has 0 bridgehead atoms. The minimum absolute atomic E-state index is 0.0942. The molecule has 4 nitrogen and oxygen atoms in total. The molecule has 0 spiro atoms. The van der Waals surface area contributed by atoms with Crippen LogP contribution in [0.5, 0.6) is 5.75 Å². The molecule has 4 heteroatoms. The maximum absolute atomic E-state index is 11.4. The zero-order valence-electron chi connectivity index (χ0n) is 10.4. The number of carbonyl (C=O) groups is 1. The summed E-state index contributed by atoms with van der Waals surface area (Å²) in [5.74, 6) is 0.611. The summed E-state index contributed by atoms with van der Waals surface area (Å²) in [4.78, 5) is 11.4. The molecule has 0 fully saturated rings. The monoisotopic (exact) mass is 234 g/mol. The Morgan fingerprint density at radius 3 is 2.82 bits per heavy atom. The van der Waals surface area contributed by atoms with Gasteiger partial charge in [-0.2, -0.15) is 0 Å². The standard InChI is InChI=1S/C13H18N2O2/c1-8-12(16)15-10-5-4-9(6-11(10)17-8)13(2,3)7-14/h4-6,8H,7,14H2,1-3H3,(H,15,16). The molecule has 0 aromatic heterocycles. The van der Waals surface area contributed by atoms with E-state index in [9.17, 15) is 4.79 Å². The van der Waals surface area contributed by atoms with Gasteiger partial charge in [-0.15, -0.1) is 0 Å². The molecule has 1 aliphatic rings. The van der Waals surface area contributed by atoms with Gasteiger partial charge >= 0.3 is 0 Å². The minimum Gasteiger partial charge on any atom is -0.479 e. The molecule has 0 radical (unpaired) electrons. The number of amides is 1. The molecule has 1 unspecified atom stereocenters. The van der Waals surface area contributed by atoms with Crippen LogP contribution >= 0.6 is 0 Å². The first-order valence-electron chi connectivity index (χ1n) is 5.76. The Balaban J connectivity index is 2.38. The molecule has 1 atom stereocenters. The van der Waals surface area contributed by atoms with Crippen LogP contribution in [0.25, 0.3) is 0 Å². The van der Waals surface area contributed by atoms with Crippen molar-refractivity contribution < 1.29 is 9.53 Å². The van der Waals surface area contributed by atoms with Crippen LogP contribution in [-0.2, 0) is 10.2 Å². The van der Waals surface area contributed by atoms with E-state index < -0.39 is 6.10 Å². The van der Waals surface area contributed by atoms with Crippen LogP contribution in [0.15, 0.2) is 18.2 Å². The fourth-order valence-corrected chi connectivity index (χ4v) is 1.74. The Morgan fingerprint density at radius 2 is 2.18 bits per heavy atom. The summed E-state index contributed by atoms with van der Waals surface area (Å²) in [5, 5.41) is 2.81. The number of ether oxygens (including phenoxy) is 1. The molecule has 1 amide bonds. The van der Waals surface area contributed by atoms with Crippen molar-refractivity contribution in [1.82, 2.24) is 0 Å². The highest BCUT2D eigenvalue weighted by Crippen LogP contribution is 2.34. The van der Waals surface area contributed by atoms with Gasteiger partial charge < -0.3 is 15.8 Å². The van der Waals surface area contributed by atoms with Crippen LogP contribution in [0.4, 0.5) is 5.69 Å². The van der Waals surface area contributed by atoms with Crippen molar-refractivity contribution in [2.75, 3.05) is 11.9 Å². The third-order valence-electron chi connectivity index (χ3n) is 3.20. The number of nitrogens with two attached hydrogens (primary N) is 1. The van der Waals surface area contributed by atoms with E-state index in [0.29, 0.717) is 6.54 Å². The fraction of sp³-hybridized carbons (Fsp3) is 0.462. The normalized spacial score (nSPS) is 19.3. The number of anilines is 1. The van der Waals surface area contributed by atoms with Crippen LogP contribution in [0.2, 0.25) is 0 Å². The summed E-state index contributed by atoms with van der Waals surface area (Å²) in [6.07, 6.45) is -0.446. The van der Waals surface area contributed by atoms with E-state index in [2.05, 4.69) is 19.2 Å². The van der Waals surface area contributed by atoms with Gasteiger partial charge in [-0.3, -0.25) is 4.79 Å². The Kier molecular flexibility index (Phi) is 2.83. The van der Waals surface area contributed by atoms with Gasteiger partial charge in [0.15, 0.2) is 6.10 Å². The van der Waals surface area contributed by atoms with Crippen LogP contribution in [-0.4, -0.2) is 18.6 Å². The molecule has 0 saturated heterocycles. The van der Waals surface area contributed by atoms with Crippen LogP contribution < -0.4 is 15.8 Å². The summed E-state index contributed by atoms with van der Waals surface area (Å²) >= 11 is 0. The molecular weight excluding hydrogens is 216 g/mol. The number of fused-ring (bicyclic) bond motifs is 1. The van der Waals surface area contributed by atoms with Crippen molar-refractivity contribution in [2.24, 2.45) is 5.73 Å². The first-order valence-corrected chi connectivity index (χ1v) is 5.76. The van der Waals surface area contributed by atoms with E-state index in [1.54, 1.807) is 6.92 Å². The molecule has 0 aliphatic carbocycles. The van der Waals surface area contributed by atoms with Crippen LogP contribution in [0.3, 0.4) is 0 Å². The Morgan fingerprint density at radius 1 is 1.47 bits per heavy atom. The molecule has 92 valence electrons. The third kappa shape index (κ3) is 2.13. The third-order valence-corrected chi connectivity index (χ3v) is 3.20. The number of carbonyl (C=O) groups excluding carboxylic acids is 1. The van der Waals surface area contributed by atoms with Gasteiger partial charge in [0.05, 0.1) is 5.69 Å². The van der Waals surface area contributed by atoms with Crippen molar-refractivity contribution in [2.45, 2.75) is 32.3 Å². The molecule has 0 saturated carbocycles. The molecule has 2 rings (SSSR count). The molecule has 3 N–H and O–H groups in total. The number of nitrogens with one attached hydrogen (secondary N) is 1. The van der Waals surface area contributed by atoms with Crippen molar-refractivity contribution in [3.63, 3.8) is 0 Å². The maximum atomic E-state index is 11.4. The van der Waals surface area contributed by atoms with E-state index in [0.717, 1.165) is 17.0 Å². The number of benzene rings is 1. The second-order valence-corrected chi connectivity index (χ2v) is 5.05. The van der Waals surface area contributed by atoms with E-state index in [1.165, 1.54) is 0 Å². The summed E-state index contributed by atoms with van der Waals surface area (Å²) in [5.41, 5.74) is 7.50. The number of hydrogen-bond acceptors (Lipinski definition) is 3. The molecule has 1 aromatic rings. The predicted molar refractivity (Wildman–Crippen MR) is 67.2 cm³/mol. The predicted octanol–water partition coefficient (Wildman–Crippen LogP) is 1.64. The first kappa shape index (κ1) is 11.9. The quantitative estimate of drug-likeness (QED) is 0.817. The van der Waals surface area contributed by atoms with Crippen molar-refractivity contribution in [3.05, 3.63) is 23.8 Å². The molecule has 1 heterocycles. The summed E-state index contributed by atoms with van der Waals surface area (Å²) in [6, 6.07) is 5.80. The molecule has 17 heavy (non-hydrogen) atoms. The Bertz CT molecular complexity index is 455. The SMILES string of the molecule is CC1Oc2cc(C(C)(C)CN)ccc2NC1=O.